The number of fused-ring (bicyclic) bond motifs is 9. The number of furan rings is 1. The van der Waals surface area contributed by atoms with E-state index >= 15 is 0 Å². The maximum absolute atomic E-state index is 6.22. The van der Waals surface area contributed by atoms with Crippen molar-refractivity contribution in [1.82, 2.24) is 4.57 Å². The summed E-state index contributed by atoms with van der Waals surface area (Å²) in [5.74, 6) is 0.220. The van der Waals surface area contributed by atoms with E-state index in [9.17, 15) is 0 Å². The normalized spacial score (nSPS) is 12.8. The molecular formula is C43H27NO. The average molecular weight is 574 g/mol. The van der Waals surface area contributed by atoms with Gasteiger partial charge in [-0.25, -0.2) is 0 Å². The first-order valence-electron chi connectivity index (χ1n) is 15.6. The minimum atomic E-state index is 0.220. The van der Waals surface area contributed by atoms with Crippen molar-refractivity contribution in [3.8, 4) is 27.9 Å². The van der Waals surface area contributed by atoms with E-state index in [0.29, 0.717) is 0 Å². The summed E-state index contributed by atoms with van der Waals surface area (Å²) in [7, 11) is 0. The number of nitrogens with zero attached hydrogens (tertiary/aromatic N) is 1. The Morgan fingerprint density at radius 2 is 1.09 bits per heavy atom. The Labute approximate surface area is 260 Å². The molecule has 7 aromatic carbocycles. The Balaban J connectivity index is 1.18. The van der Waals surface area contributed by atoms with Crippen molar-refractivity contribution in [2.75, 3.05) is 0 Å². The molecule has 0 saturated heterocycles. The molecule has 0 unspecified atom stereocenters. The minimum absolute atomic E-state index is 0.220. The van der Waals surface area contributed by atoms with Gasteiger partial charge in [0.15, 0.2) is 0 Å². The lowest BCUT2D eigenvalue weighted by molar-refractivity contribution is 0.669. The van der Waals surface area contributed by atoms with Crippen LogP contribution in [0.15, 0.2) is 162 Å². The van der Waals surface area contributed by atoms with Crippen LogP contribution in [0.4, 0.5) is 0 Å². The molecule has 210 valence electrons. The summed E-state index contributed by atoms with van der Waals surface area (Å²) < 4.78 is 8.64. The van der Waals surface area contributed by atoms with Gasteiger partial charge in [0.05, 0.1) is 11.0 Å². The van der Waals surface area contributed by atoms with Crippen LogP contribution in [0.1, 0.15) is 22.6 Å². The number of aromatic nitrogens is 1. The van der Waals surface area contributed by atoms with Gasteiger partial charge in [0.25, 0.3) is 0 Å². The second-order valence-corrected chi connectivity index (χ2v) is 12.1. The highest BCUT2D eigenvalue weighted by molar-refractivity contribution is 6.13. The highest BCUT2D eigenvalue weighted by Crippen LogP contribution is 2.48. The lowest BCUT2D eigenvalue weighted by Crippen LogP contribution is -1.99. The van der Waals surface area contributed by atoms with Gasteiger partial charge in [-0.05, 0) is 81.4 Å². The number of hydrogen-bond donors (Lipinski definition) is 0. The van der Waals surface area contributed by atoms with Gasteiger partial charge < -0.3 is 8.98 Å². The van der Waals surface area contributed by atoms with E-state index < -0.39 is 0 Å². The van der Waals surface area contributed by atoms with E-state index in [1.807, 2.05) is 12.1 Å². The molecule has 0 amide bonds. The van der Waals surface area contributed by atoms with E-state index in [1.165, 1.54) is 60.8 Å². The quantitative estimate of drug-likeness (QED) is 0.206. The monoisotopic (exact) mass is 573 g/mol. The van der Waals surface area contributed by atoms with E-state index in [2.05, 4.69) is 150 Å². The third kappa shape index (κ3) is 3.51. The molecule has 2 heteroatoms. The summed E-state index contributed by atoms with van der Waals surface area (Å²) in [4.78, 5) is 0. The standard InChI is InChI=1S/C43H27NO/c1-3-16-34-31(13-1)32-14-2-4-17-35(32)42(34)28-23-24-39-37(26-28)33-15-5-7-20-38(33)44(39)29-12-9-11-27(25-29)30-19-10-22-41-43(30)36-18-6-8-21-40(36)45-41/h1-26,42H. The number of rotatable bonds is 3. The van der Waals surface area contributed by atoms with Crippen molar-refractivity contribution in [2.24, 2.45) is 0 Å². The molecule has 2 nitrogen and oxygen atoms in total. The smallest absolute Gasteiger partial charge is 0.136 e. The summed E-state index contributed by atoms with van der Waals surface area (Å²) in [6.45, 7) is 0. The number of benzene rings is 7. The fourth-order valence-electron chi connectivity index (χ4n) is 7.79. The molecule has 1 aliphatic rings. The average Bonchev–Trinajstić information content (AvgIpc) is 3.76. The molecule has 0 fully saturated rings. The fourth-order valence-corrected chi connectivity index (χ4v) is 7.79. The first kappa shape index (κ1) is 24.6. The summed E-state index contributed by atoms with van der Waals surface area (Å²) in [5, 5.41) is 4.85. The van der Waals surface area contributed by atoms with E-state index in [-0.39, 0.29) is 5.92 Å². The highest BCUT2D eigenvalue weighted by atomic mass is 16.3. The topological polar surface area (TPSA) is 18.1 Å². The molecule has 0 bridgehead atoms. The Kier molecular flexibility index (Phi) is 5.09. The Hall–Kier alpha value is -5.86. The molecule has 0 saturated carbocycles. The Morgan fingerprint density at radius 3 is 1.93 bits per heavy atom. The van der Waals surface area contributed by atoms with E-state index in [0.717, 1.165) is 27.6 Å². The van der Waals surface area contributed by atoms with Crippen LogP contribution >= 0.6 is 0 Å². The molecule has 1 aliphatic carbocycles. The third-order valence-electron chi connectivity index (χ3n) is 9.68. The van der Waals surface area contributed by atoms with E-state index in [4.69, 9.17) is 4.42 Å². The van der Waals surface area contributed by atoms with Crippen LogP contribution in [-0.2, 0) is 0 Å². The van der Waals surface area contributed by atoms with Crippen molar-refractivity contribution in [1.29, 1.82) is 0 Å². The number of hydrogen-bond acceptors (Lipinski definition) is 1. The van der Waals surface area contributed by atoms with Crippen molar-refractivity contribution in [3.63, 3.8) is 0 Å². The van der Waals surface area contributed by atoms with Gasteiger partial charge in [-0.1, -0.05) is 115 Å². The second-order valence-electron chi connectivity index (χ2n) is 12.1. The van der Waals surface area contributed by atoms with Gasteiger partial charge in [-0.3, -0.25) is 0 Å². The molecule has 0 atom stereocenters. The largest absolute Gasteiger partial charge is 0.456 e. The summed E-state index contributed by atoms with van der Waals surface area (Å²) in [5.41, 5.74) is 14.5. The first-order chi connectivity index (χ1) is 22.3. The molecule has 2 aromatic heterocycles. The molecule has 2 heterocycles. The van der Waals surface area contributed by atoms with Crippen LogP contribution < -0.4 is 0 Å². The molecular weight excluding hydrogens is 546 g/mol. The van der Waals surface area contributed by atoms with Gasteiger partial charge in [0.1, 0.15) is 11.2 Å². The molecule has 9 aromatic rings. The lowest BCUT2D eigenvalue weighted by Gasteiger charge is -2.15. The summed E-state index contributed by atoms with van der Waals surface area (Å²) >= 11 is 0. The van der Waals surface area contributed by atoms with Crippen LogP contribution in [-0.4, -0.2) is 4.57 Å². The molecule has 10 rings (SSSR count). The number of para-hydroxylation sites is 2. The van der Waals surface area contributed by atoms with E-state index in [1.54, 1.807) is 0 Å². The predicted molar refractivity (Wildman–Crippen MR) is 186 cm³/mol. The van der Waals surface area contributed by atoms with Gasteiger partial charge >= 0.3 is 0 Å². The van der Waals surface area contributed by atoms with Crippen molar-refractivity contribution in [2.45, 2.75) is 5.92 Å². The van der Waals surface area contributed by atoms with Crippen LogP contribution in [0.3, 0.4) is 0 Å². The van der Waals surface area contributed by atoms with Gasteiger partial charge in [-0.15, -0.1) is 0 Å². The van der Waals surface area contributed by atoms with Crippen LogP contribution in [0.5, 0.6) is 0 Å². The Morgan fingerprint density at radius 1 is 0.444 bits per heavy atom. The van der Waals surface area contributed by atoms with Gasteiger partial charge in [-0.2, -0.15) is 0 Å². The van der Waals surface area contributed by atoms with Crippen molar-refractivity contribution < 1.29 is 4.42 Å². The van der Waals surface area contributed by atoms with Crippen molar-refractivity contribution in [3.05, 3.63) is 174 Å². The maximum Gasteiger partial charge on any atom is 0.136 e. The Bertz CT molecular complexity index is 2570. The van der Waals surface area contributed by atoms with Crippen LogP contribution in [0.2, 0.25) is 0 Å². The molecule has 45 heavy (non-hydrogen) atoms. The third-order valence-corrected chi connectivity index (χ3v) is 9.68. The lowest BCUT2D eigenvalue weighted by atomic mass is 9.88. The fraction of sp³-hybridized carbons (Fsp3) is 0.0233. The zero-order valence-corrected chi connectivity index (χ0v) is 24.4. The van der Waals surface area contributed by atoms with Crippen molar-refractivity contribution >= 4 is 43.7 Å². The van der Waals surface area contributed by atoms with Crippen LogP contribution in [0.25, 0.3) is 71.7 Å². The summed E-state index contributed by atoms with van der Waals surface area (Å²) in [6, 6.07) is 57.2. The zero-order valence-electron chi connectivity index (χ0n) is 24.4. The maximum atomic E-state index is 6.22. The minimum Gasteiger partial charge on any atom is -0.456 e. The predicted octanol–water partition coefficient (Wildman–Crippen LogP) is 11.5. The molecule has 0 N–H and O–H groups in total. The zero-order chi connectivity index (χ0) is 29.5. The van der Waals surface area contributed by atoms with Crippen LogP contribution in [0, 0.1) is 0 Å². The van der Waals surface area contributed by atoms with Gasteiger partial charge in [0.2, 0.25) is 0 Å². The molecule has 0 aliphatic heterocycles. The first-order valence-corrected chi connectivity index (χ1v) is 15.6. The summed E-state index contributed by atoms with van der Waals surface area (Å²) in [6.07, 6.45) is 0. The SMILES string of the molecule is c1cc(-c2cccc3oc4ccccc4c23)cc(-n2c3ccccc3c3cc(C4c5ccccc5-c5ccccc54)ccc32)c1. The second kappa shape index (κ2) is 9.32. The van der Waals surface area contributed by atoms with Gasteiger partial charge in [0, 0.05) is 33.2 Å². The molecule has 0 radical (unpaired) electrons. The molecule has 0 spiro atoms. The highest BCUT2D eigenvalue weighted by Gasteiger charge is 2.29.